The van der Waals surface area contributed by atoms with Gasteiger partial charge in [-0.3, -0.25) is 4.79 Å². The van der Waals surface area contributed by atoms with Crippen LogP contribution < -0.4 is 5.32 Å². The number of hydrogen-bond donors (Lipinski definition) is 1. The smallest absolute Gasteiger partial charge is 0.344 e. The van der Waals surface area contributed by atoms with Crippen molar-refractivity contribution >= 4 is 17.8 Å². The van der Waals surface area contributed by atoms with Crippen LogP contribution in [0.5, 0.6) is 0 Å². The van der Waals surface area contributed by atoms with Gasteiger partial charge in [0.1, 0.15) is 0 Å². The van der Waals surface area contributed by atoms with Crippen LogP contribution in [0.3, 0.4) is 0 Å². The topological polar surface area (TPSA) is 81.7 Å². The predicted octanol–water partition coefficient (Wildman–Crippen LogP) is 1.79. The van der Waals surface area contributed by atoms with Crippen LogP contribution in [0, 0.1) is 0 Å². The lowest BCUT2D eigenvalue weighted by Crippen LogP contribution is -2.64. The van der Waals surface area contributed by atoms with Gasteiger partial charge in [-0.15, -0.1) is 0 Å². The number of esters is 2. The molecule has 6 heteroatoms. The van der Waals surface area contributed by atoms with E-state index in [1.165, 1.54) is 6.92 Å². The Balaban J connectivity index is 3.43. The molecule has 1 aromatic carbocycles. The van der Waals surface area contributed by atoms with E-state index in [0.29, 0.717) is 5.56 Å². The third-order valence-electron chi connectivity index (χ3n) is 3.52. The lowest BCUT2D eigenvalue weighted by Gasteiger charge is -2.35. The van der Waals surface area contributed by atoms with E-state index in [9.17, 15) is 14.4 Å². The SMILES string of the molecule is CCOC(=O)C(NC(C)=O)(C(=O)OCC)C(C)c1ccccc1. The Hall–Kier alpha value is -2.37. The quantitative estimate of drug-likeness (QED) is 0.611. The van der Waals surface area contributed by atoms with E-state index in [-0.39, 0.29) is 13.2 Å². The Morgan fingerprint density at radius 2 is 1.52 bits per heavy atom. The summed E-state index contributed by atoms with van der Waals surface area (Å²) < 4.78 is 10.1. The summed E-state index contributed by atoms with van der Waals surface area (Å²) in [6.45, 7) is 6.36. The van der Waals surface area contributed by atoms with Gasteiger partial charge in [-0.05, 0) is 19.4 Å². The molecule has 0 aliphatic rings. The van der Waals surface area contributed by atoms with E-state index in [1.807, 2.05) is 6.07 Å². The van der Waals surface area contributed by atoms with Gasteiger partial charge in [0.15, 0.2) is 0 Å². The van der Waals surface area contributed by atoms with E-state index in [4.69, 9.17) is 9.47 Å². The van der Waals surface area contributed by atoms with Gasteiger partial charge in [-0.1, -0.05) is 37.3 Å². The molecule has 1 rings (SSSR count). The van der Waals surface area contributed by atoms with Crippen molar-refractivity contribution in [2.75, 3.05) is 13.2 Å². The number of carbonyl (C=O) groups is 3. The van der Waals surface area contributed by atoms with Gasteiger partial charge in [0.2, 0.25) is 11.4 Å². The molecule has 0 fully saturated rings. The summed E-state index contributed by atoms with van der Waals surface area (Å²) in [6, 6.07) is 8.96. The number of rotatable bonds is 7. The summed E-state index contributed by atoms with van der Waals surface area (Å²) in [6.07, 6.45) is 0. The van der Waals surface area contributed by atoms with E-state index < -0.39 is 29.3 Å². The summed E-state index contributed by atoms with van der Waals surface area (Å²) in [7, 11) is 0. The number of hydrogen-bond acceptors (Lipinski definition) is 5. The van der Waals surface area contributed by atoms with Crippen molar-refractivity contribution in [1.29, 1.82) is 0 Å². The molecule has 23 heavy (non-hydrogen) atoms. The lowest BCUT2D eigenvalue weighted by atomic mass is 9.80. The van der Waals surface area contributed by atoms with Crippen LogP contribution in [0.2, 0.25) is 0 Å². The highest BCUT2D eigenvalue weighted by Crippen LogP contribution is 2.31. The molecule has 0 aliphatic carbocycles. The van der Waals surface area contributed by atoms with Crippen molar-refractivity contribution in [3.63, 3.8) is 0 Å². The minimum Gasteiger partial charge on any atom is -0.464 e. The molecule has 1 atom stereocenters. The first-order valence-corrected chi connectivity index (χ1v) is 7.58. The zero-order valence-corrected chi connectivity index (χ0v) is 13.9. The average molecular weight is 321 g/mol. The van der Waals surface area contributed by atoms with Crippen LogP contribution >= 0.6 is 0 Å². The first-order chi connectivity index (χ1) is 10.9. The van der Waals surface area contributed by atoms with E-state index in [0.717, 1.165) is 0 Å². The molecule has 0 bridgehead atoms. The van der Waals surface area contributed by atoms with E-state index >= 15 is 0 Å². The maximum absolute atomic E-state index is 12.6. The predicted molar refractivity (Wildman–Crippen MR) is 84.7 cm³/mol. The van der Waals surface area contributed by atoms with Gasteiger partial charge < -0.3 is 14.8 Å². The zero-order valence-electron chi connectivity index (χ0n) is 13.9. The zero-order chi connectivity index (χ0) is 17.5. The second kappa shape index (κ2) is 8.31. The number of carbonyl (C=O) groups excluding carboxylic acids is 3. The first-order valence-electron chi connectivity index (χ1n) is 7.58. The minimum atomic E-state index is -1.92. The summed E-state index contributed by atoms with van der Waals surface area (Å²) in [5.74, 6) is -2.84. The van der Waals surface area contributed by atoms with Crippen LogP contribution in [0.1, 0.15) is 39.2 Å². The molecule has 1 unspecified atom stereocenters. The number of amides is 1. The molecule has 0 saturated heterocycles. The number of nitrogens with one attached hydrogen (secondary N) is 1. The summed E-state index contributed by atoms with van der Waals surface area (Å²) in [5.41, 5.74) is -1.21. The largest absolute Gasteiger partial charge is 0.464 e. The van der Waals surface area contributed by atoms with Crippen molar-refractivity contribution in [2.45, 2.75) is 39.2 Å². The monoisotopic (exact) mass is 321 g/mol. The molecule has 1 N–H and O–H groups in total. The standard InChI is InChI=1S/C17H23NO5/c1-5-22-15(20)17(18-13(4)19,16(21)23-6-2)12(3)14-10-8-7-9-11-14/h7-12H,5-6H2,1-4H3,(H,18,19). The second-order valence-electron chi connectivity index (χ2n) is 5.06. The van der Waals surface area contributed by atoms with Gasteiger partial charge >= 0.3 is 11.9 Å². The highest BCUT2D eigenvalue weighted by atomic mass is 16.6. The van der Waals surface area contributed by atoms with Crippen molar-refractivity contribution in [1.82, 2.24) is 5.32 Å². The normalized spacial score (nSPS) is 12.2. The van der Waals surface area contributed by atoms with Crippen molar-refractivity contribution in [3.8, 4) is 0 Å². The van der Waals surface area contributed by atoms with Gasteiger partial charge in [0, 0.05) is 12.8 Å². The maximum Gasteiger partial charge on any atom is 0.344 e. The van der Waals surface area contributed by atoms with Crippen molar-refractivity contribution in [2.24, 2.45) is 0 Å². The van der Waals surface area contributed by atoms with Gasteiger partial charge in [-0.25, -0.2) is 9.59 Å². The van der Waals surface area contributed by atoms with Crippen LogP contribution in [-0.2, 0) is 23.9 Å². The first kappa shape index (κ1) is 18.7. The van der Waals surface area contributed by atoms with Gasteiger partial charge in [0.05, 0.1) is 13.2 Å². The summed E-state index contributed by atoms with van der Waals surface area (Å²) >= 11 is 0. The summed E-state index contributed by atoms with van der Waals surface area (Å²) in [5, 5.41) is 2.47. The van der Waals surface area contributed by atoms with Crippen LogP contribution in [0.25, 0.3) is 0 Å². The fourth-order valence-electron chi connectivity index (χ4n) is 2.41. The fourth-order valence-corrected chi connectivity index (χ4v) is 2.41. The van der Waals surface area contributed by atoms with Crippen molar-refractivity contribution in [3.05, 3.63) is 35.9 Å². The third kappa shape index (κ3) is 4.09. The molecule has 6 nitrogen and oxygen atoms in total. The maximum atomic E-state index is 12.6. The second-order valence-corrected chi connectivity index (χ2v) is 5.06. The third-order valence-corrected chi connectivity index (χ3v) is 3.52. The highest BCUT2D eigenvalue weighted by Gasteiger charge is 2.54. The number of benzene rings is 1. The molecule has 0 aromatic heterocycles. The minimum absolute atomic E-state index is 0.0844. The lowest BCUT2D eigenvalue weighted by molar-refractivity contribution is -0.169. The Labute approximate surface area is 136 Å². The van der Waals surface area contributed by atoms with Crippen LogP contribution in [-0.4, -0.2) is 36.6 Å². The highest BCUT2D eigenvalue weighted by molar-refractivity contribution is 6.08. The Morgan fingerprint density at radius 1 is 1.04 bits per heavy atom. The van der Waals surface area contributed by atoms with Crippen LogP contribution in [0.15, 0.2) is 30.3 Å². The Morgan fingerprint density at radius 3 is 1.91 bits per heavy atom. The molecular weight excluding hydrogens is 298 g/mol. The van der Waals surface area contributed by atoms with Gasteiger partial charge in [0.25, 0.3) is 0 Å². The molecule has 126 valence electrons. The van der Waals surface area contributed by atoms with Crippen LogP contribution in [0.4, 0.5) is 0 Å². The molecule has 0 heterocycles. The molecule has 1 aromatic rings. The Bertz CT molecular complexity index is 537. The molecule has 0 radical (unpaired) electrons. The van der Waals surface area contributed by atoms with E-state index in [2.05, 4.69) is 5.32 Å². The average Bonchev–Trinajstić information content (AvgIpc) is 2.53. The van der Waals surface area contributed by atoms with Gasteiger partial charge in [-0.2, -0.15) is 0 Å². The molecule has 0 spiro atoms. The Kier molecular flexibility index (Phi) is 6.75. The summed E-state index contributed by atoms with van der Waals surface area (Å²) in [4.78, 5) is 36.9. The van der Waals surface area contributed by atoms with E-state index in [1.54, 1.807) is 45.0 Å². The number of ether oxygens (including phenoxy) is 2. The molecule has 0 aliphatic heterocycles. The van der Waals surface area contributed by atoms with Crippen molar-refractivity contribution < 1.29 is 23.9 Å². The molecular formula is C17H23NO5. The molecule has 0 saturated carbocycles. The fraction of sp³-hybridized carbons (Fsp3) is 0.471. The molecule has 1 amide bonds.